The molecule has 0 atom stereocenters. The van der Waals surface area contributed by atoms with Crippen LogP contribution >= 0.6 is 27.3 Å². The minimum Gasteiger partial charge on any atom is -0.490 e. The average Bonchev–Trinajstić information content (AvgIpc) is 2.78. The van der Waals surface area contributed by atoms with Gasteiger partial charge in [-0.2, -0.15) is 0 Å². The van der Waals surface area contributed by atoms with E-state index in [1.165, 1.54) is 0 Å². The van der Waals surface area contributed by atoms with E-state index in [0.717, 1.165) is 33.0 Å². The maximum absolute atomic E-state index is 5.93. The van der Waals surface area contributed by atoms with E-state index >= 15 is 0 Å². The summed E-state index contributed by atoms with van der Waals surface area (Å²) in [6.45, 7) is 1.87. The normalized spacial score (nSPS) is 14.5. The van der Waals surface area contributed by atoms with E-state index in [4.69, 9.17) is 15.2 Å². The topological polar surface area (TPSA) is 68.9 Å². The third-order valence-corrected chi connectivity index (χ3v) is 4.94. The molecule has 1 aliphatic heterocycles. The third kappa shape index (κ3) is 3.72. The monoisotopic (exact) mass is 381 g/mol. The van der Waals surface area contributed by atoms with Crippen molar-refractivity contribution in [1.82, 2.24) is 0 Å². The van der Waals surface area contributed by atoms with Gasteiger partial charge in [0.2, 0.25) is 0 Å². The third-order valence-electron chi connectivity index (χ3n) is 3.13. The Morgan fingerprint density at radius 1 is 1.27 bits per heavy atom. The number of halogens is 1. The van der Waals surface area contributed by atoms with E-state index in [1.54, 1.807) is 11.3 Å². The molecule has 0 fully saturated rings. The summed E-state index contributed by atoms with van der Waals surface area (Å²) in [4.78, 5) is 4.34. The van der Waals surface area contributed by atoms with Crippen molar-refractivity contribution in [2.24, 2.45) is 10.7 Å². The lowest BCUT2D eigenvalue weighted by Gasteiger charge is -2.10. The summed E-state index contributed by atoms with van der Waals surface area (Å²) >= 11 is 5.12. The summed E-state index contributed by atoms with van der Waals surface area (Å²) in [5.74, 6) is 1.87. The summed E-state index contributed by atoms with van der Waals surface area (Å²) in [6.07, 6.45) is 0.885. The van der Waals surface area contributed by atoms with Crippen LogP contribution in [0.15, 0.2) is 38.4 Å². The molecule has 0 unspecified atom stereocenters. The Kier molecular flexibility index (Phi) is 4.84. The van der Waals surface area contributed by atoms with Gasteiger partial charge in [-0.3, -0.25) is 0 Å². The predicted molar refractivity (Wildman–Crippen MR) is 93.0 cm³/mol. The first-order valence-corrected chi connectivity index (χ1v) is 8.58. The van der Waals surface area contributed by atoms with E-state index in [0.29, 0.717) is 25.7 Å². The molecular weight excluding hydrogens is 366 g/mol. The number of hydrogen-bond donors (Lipinski definition) is 2. The number of fused-ring (bicyclic) bond motifs is 1. The van der Waals surface area contributed by atoms with Crippen LogP contribution in [0.1, 0.15) is 12.0 Å². The molecule has 116 valence electrons. The van der Waals surface area contributed by atoms with E-state index in [1.807, 2.05) is 29.6 Å². The maximum atomic E-state index is 5.93. The molecule has 0 aliphatic carbocycles. The summed E-state index contributed by atoms with van der Waals surface area (Å²) in [5.41, 5.74) is 7.88. The minimum absolute atomic E-state index is 0.368. The van der Waals surface area contributed by atoms with Crippen molar-refractivity contribution < 1.29 is 9.47 Å². The Balaban J connectivity index is 1.67. The van der Waals surface area contributed by atoms with Gasteiger partial charge in [0.05, 0.1) is 23.5 Å². The van der Waals surface area contributed by atoms with Crippen LogP contribution in [0.5, 0.6) is 11.5 Å². The molecular formula is C15H16BrN3O2S. The van der Waals surface area contributed by atoms with E-state index in [9.17, 15) is 0 Å². The van der Waals surface area contributed by atoms with E-state index in [2.05, 4.69) is 26.2 Å². The quantitative estimate of drug-likeness (QED) is 0.629. The van der Waals surface area contributed by atoms with Gasteiger partial charge in [-0.05, 0) is 45.1 Å². The van der Waals surface area contributed by atoms with Gasteiger partial charge in [0, 0.05) is 18.2 Å². The lowest BCUT2D eigenvalue weighted by Crippen LogP contribution is -2.22. The number of hydrogen-bond acceptors (Lipinski definition) is 4. The molecule has 7 heteroatoms. The zero-order chi connectivity index (χ0) is 15.4. The molecule has 0 saturated carbocycles. The van der Waals surface area contributed by atoms with Crippen LogP contribution in [0.3, 0.4) is 0 Å². The van der Waals surface area contributed by atoms with Crippen molar-refractivity contribution in [3.8, 4) is 11.5 Å². The van der Waals surface area contributed by atoms with Crippen LogP contribution < -0.4 is 20.5 Å². The van der Waals surface area contributed by atoms with Crippen molar-refractivity contribution in [3.05, 3.63) is 39.0 Å². The largest absolute Gasteiger partial charge is 0.490 e. The number of thiophene rings is 1. The number of guanidine groups is 1. The van der Waals surface area contributed by atoms with E-state index in [-0.39, 0.29) is 0 Å². The van der Waals surface area contributed by atoms with Gasteiger partial charge < -0.3 is 20.5 Å². The van der Waals surface area contributed by atoms with E-state index < -0.39 is 0 Å². The first-order valence-electron chi connectivity index (χ1n) is 6.91. The zero-order valence-electron chi connectivity index (χ0n) is 11.8. The van der Waals surface area contributed by atoms with Gasteiger partial charge in [0.1, 0.15) is 0 Å². The van der Waals surface area contributed by atoms with Crippen LogP contribution in [0, 0.1) is 0 Å². The molecule has 1 aromatic carbocycles. The highest BCUT2D eigenvalue weighted by atomic mass is 79.9. The molecule has 2 heterocycles. The zero-order valence-corrected chi connectivity index (χ0v) is 14.2. The molecule has 3 N–H and O–H groups in total. The number of nitrogens with zero attached hydrogens (tertiary/aromatic N) is 1. The van der Waals surface area contributed by atoms with Crippen LogP contribution in [0.2, 0.25) is 0 Å². The second-order valence-corrected chi connectivity index (χ2v) is 6.99. The van der Waals surface area contributed by atoms with Gasteiger partial charge in [0.25, 0.3) is 0 Å². The number of anilines is 1. The summed E-state index contributed by atoms with van der Waals surface area (Å²) in [7, 11) is 0. The number of aliphatic imine (C=N–C) groups is 1. The highest BCUT2D eigenvalue weighted by Crippen LogP contribution is 2.32. The summed E-state index contributed by atoms with van der Waals surface area (Å²) < 4.78 is 12.3. The average molecular weight is 382 g/mol. The molecule has 1 aromatic heterocycles. The molecule has 3 rings (SSSR count). The number of nitrogens with one attached hydrogen (secondary N) is 1. The molecule has 0 saturated heterocycles. The highest BCUT2D eigenvalue weighted by Gasteiger charge is 2.10. The van der Waals surface area contributed by atoms with Gasteiger partial charge in [-0.15, -0.1) is 11.3 Å². The number of benzene rings is 1. The van der Waals surface area contributed by atoms with Crippen molar-refractivity contribution in [2.75, 3.05) is 18.5 Å². The van der Waals surface area contributed by atoms with Crippen LogP contribution in [-0.4, -0.2) is 19.2 Å². The first kappa shape index (κ1) is 15.2. The maximum Gasteiger partial charge on any atom is 0.193 e. The fourth-order valence-electron chi connectivity index (χ4n) is 2.03. The molecule has 0 spiro atoms. The standard InChI is InChI=1S/C15H16BrN3O2S/c16-14-10(4-7-22-14)9-18-15(17)19-11-2-3-12-13(8-11)21-6-1-5-20-12/h2-4,7-8H,1,5-6,9H2,(H3,17,18,19). The molecule has 5 nitrogen and oxygen atoms in total. The lowest BCUT2D eigenvalue weighted by atomic mass is 10.3. The molecule has 22 heavy (non-hydrogen) atoms. The molecule has 2 aromatic rings. The van der Waals surface area contributed by atoms with Crippen LogP contribution in [0.4, 0.5) is 5.69 Å². The number of nitrogens with two attached hydrogens (primary N) is 1. The molecule has 1 aliphatic rings. The second-order valence-electron chi connectivity index (χ2n) is 4.76. The van der Waals surface area contributed by atoms with Crippen molar-refractivity contribution in [3.63, 3.8) is 0 Å². The second kappa shape index (κ2) is 7.02. The number of rotatable bonds is 3. The Labute approximate surface area is 141 Å². The predicted octanol–water partition coefficient (Wildman–Crippen LogP) is 3.60. The van der Waals surface area contributed by atoms with Gasteiger partial charge in [-0.25, -0.2) is 4.99 Å². The fraction of sp³-hybridized carbons (Fsp3) is 0.267. The summed E-state index contributed by atoms with van der Waals surface area (Å²) in [5, 5.41) is 5.09. The Hall–Kier alpha value is -1.73. The molecule has 0 radical (unpaired) electrons. The SMILES string of the molecule is NC(=NCc1ccsc1Br)Nc1ccc2c(c1)OCCCO2. The minimum atomic E-state index is 0.368. The van der Waals surface area contributed by atoms with Crippen LogP contribution in [-0.2, 0) is 6.54 Å². The molecule has 0 bridgehead atoms. The Morgan fingerprint density at radius 3 is 2.86 bits per heavy atom. The van der Waals surface area contributed by atoms with Crippen LogP contribution in [0.25, 0.3) is 0 Å². The van der Waals surface area contributed by atoms with Crippen molar-refractivity contribution in [1.29, 1.82) is 0 Å². The summed E-state index contributed by atoms with van der Waals surface area (Å²) in [6, 6.07) is 7.69. The van der Waals surface area contributed by atoms with Gasteiger partial charge in [0.15, 0.2) is 17.5 Å². The molecule has 0 amide bonds. The fourth-order valence-corrected chi connectivity index (χ4v) is 3.25. The van der Waals surface area contributed by atoms with Gasteiger partial charge >= 0.3 is 0 Å². The Morgan fingerprint density at radius 2 is 2.09 bits per heavy atom. The highest BCUT2D eigenvalue weighted by molar-refractivity contribution is 9.11. The van der Waals surface area contributed by atoms with Crippen molar-refractivity contribution >= 4 is 38.9 Å². The van der Waals surface area contributed by atoms with Gasteiger partial charge in [-0.1, -0.05) is 0 Å². The number of ether oxygens (including phenoxy) is 2. The first-order chi connectivity index (χ1) is 10.7. The van der Waals surface area contributed by atoms with Crippen molar-refractivity contribution in [2.45, 2.75) is 13.0 Å². The lowest BCUT2D eigenvalue weighted by molar-refractivity contribution is 0.297. The smallest absolute Gasteiger partial charge is 0.193 e. The Bertz CT molecular complexity index is 687.